The number of aromatic nitrogens is 3. The Balaban J connectivity index is 1.68. The minimum absolute atomic E-state index is 0.167. The molecule has 1 N–H and O–H groups in total. The smallest absolute Gasteiger partial charge is 0.274 e. The van der Waals surface area contributed by atoms with E-state index in [2.05, 4.69) is 15.2 Å². The summed E-state index contributed by atoms with van der Waals surface area (Å²) in [5.41, 5.74) is -0.831. The molecule has 1 aliphatic heterocycles. The summed E-state index contributed by atoms with van der Waals surface area (Å²) in [7, 11) is 1.63. The zero-order valence-corrected chi connectivity index (χ0v) is 14.0. The van der Waals surface area contributed by atoms with Crippen LogP contribution in [0.1, 0.15) is 23.3 Å². The van der Waals surface area contributed by atoms with Crippen LogP contribution >= 0.6 is 0 Å². The molecule has 8 heteroatoms. The molecule has 0 aromatic carbocycles. The maximum Gasteiger partial charge on any atom is 0.274 e. The van der Waals surface area contributed by atoms with Gasteiger partial charge in [0.1, 0.15) is 11.6 Å². The van der Waals surface area contributed by atoms with Crippen molar-refractivity contribution in [3.63, 3.8) is 0 Å². The molecule has 0 saturated carbocycles. The molecular weight excluding hydrogens is 325 g/mol. The van der Waals surface area contributed by atoms with Gasteiger partial charge in [0.05, 0.1) is 18.3 Å². The monoisotopic (exact) mass is 345 g/mol. The van der Waals surface area contributed by atoms with E-state index in [9.17, 15) is 14.3 Å². The molecule has 1 fully saturated rings. The van der Waals surface area contributed by atoms with Gasteiger partial charge in [-0.05, 0) is 37.1 Å². The van der Waals surface area contributed by atoms with Gasteiger partial charge in [0.15, 0.2) is 5.69 Å². The molecule has 1 atom stereocenters. The fourth-order valence-corrected chi connectivity index (χ4v) is 3.12. The summed E-state index contributed by atoms with van der Waals surface area (Å²) in [6, 6.07) is 6.17. The lowest BCUT2D eigenvalue weighted by molar-refractivity contribution is -0.000310. The number of hydrogen-bond acceptors (Lipinski definition) is 6. The number of carbonyl (C=O) groups excluding carboxylic acids is 1. The number of anilines is 1. The van der Waals surface area contributed by atoms with E-state index in [0.29, 0.717) is 18.8 Å². The van der Waals surface area contributed by atoms with Crippen LogP contribution in [0.3, 0.4) is 0 Å². The zero-order valence-electron chi connectivity index (χ0n) is 14.0. The third kappa shape index (κ3) is 4.08. The molecule has 3 heterocycles. The number of amides is 1. The summed E-state index contributed by atoms with van der Waals surface area (Å²) in [5, 5.41) is 18.5. The summed E-state index contributed by atoms with van der Waals surface area (Å²) in [6.07, 6.45) is 3.98. The highest BCUT2D eigenvalue weighted by Crippen LogP contribution is 2.26. The maximum absolute atomic E-state index is 13.0. The molecule has 132 valence electrons. The van der Waals surface area contributed by atoms with Gasteiger partial charge in [-0.25, -0.2) is 9.37 Å². The van der Waals surface area contributed by atoms with Crippen LogP contribution in [0, 0.1) is 5.82 Å². The molecule has 2 aromatic rings. The second kappa shape index (κ2) is 7.10. The lowest BCUT2D eigenvalue weighted by Crippen LogP contribution is -2.55. The van der Waals surface area contributed by atoms with E-state index in [1.807, 2.05) is 4.90 Å². The Morgan fingerprint density at radius 1 is 1.44 bits per heavy atom. The lowest BCUT2D eigenvalue weighted by atomic mass is 9.92. The molecule has 3 rings (SSSR count). The van der Waals surface area contributed by atoms with Crippen molar-refractivity contribution in [2.75, 3.05) is 31.6 Å². The molecular formula is C17H20FN5O2. The summed E-state index contributed by atoms with van der Waals surface area (Å²) in [5.74, 6) is -0.0775. The lowest BCUT2D eigenvalue weighted by Gasteiger charge is -2.41. The predicted octanol–water partition coefficient (Wildman–Crippen LogP) is 1.11. The number of rotatable bonds is 4. The van der Waals surface area contributed by atoms with Crippen LogP contribution in [-0.2, 0) is 0 Å². The first-order valence-electron chi connectivity index (χ1n) is 8.09. The van der Waals surface area contributed by atoms with Crippen LogP contribution in [0.25, 0.3) is 0 Å². The van der Waals surface area contributed by atoms with Crippen molar-refractivity contribution < 1.29 is 14.3 Å². The Morgan fingerprint density at radius 3 is 2.96 bits per heavy atom. The molecule has 1 saturated heterocycles. The van der Waals surface area contributed by atoms with Gasteiger partial charge in [-0.3, -0.25) is 4.79 Å². The number of likely N-dealkylation sites (N-methyl/N-ethyl adjacent to an activating group) is 1. The van der Waals surface area contributed by atoms with E-state index in [-0.39, 0.29) is 18.1 Å². The van der Waals surface area contributed by atoms with E-state index in [1.54, 1.807) is 25.2 Å². The van der Waals surface area contributed by atoms with Crippen LogP contribution in [0.2, 0.25) is 0 Å². The molecule has 25 heavy (non-hydrogen) atoms. The molecule has 0 unspecified atom stereocenters. The van der Waals surface area contributed by atoms with Crippen molar-refractivity contribution in [3.05, 3.63) is 48.2 Å². The molecule has 1 aliphatic rings. The number of nitrogens with zero attached hydrogens (tertiary/aromatic N) is 5. The molecule has 0 radical (unpaired) electrons. The van der Waals surface area contributed by atoms with Crippen LogP contribution in [0.15, 0.2) is 36.7 Å². The highest BCUT2D eigenvalue weighted by Gasteiger charge is 2.36. The maximum atomic E-state index is 13.0. The van der Waals surface area contributed by atoms with Crippen LogP contribution in [0.5, 0.6) is 0 Å². The summed E-state index contributed by atoms with van der Waals surface area (Å²) >= 11 is 0. The molecule has 0 spiro atoms. The molecule has 2 aromatic heterocycles. The Morgan fingerprint density at radius 2 is 2.28 bits per heavy atom. The second-order valence-electron chi connectivity index (χ2n) is 6.35. The van der Waals surface area contributed by atoms with Gasteiger partial charge >= 0.3 is 0 Å². The standard InChI is InChI=1S/C17H20FN5O2/c1-22(16(24)14-4-2-8-20-21-14)11-17(25)7-3-9-23(12-17)15-6-5-13(18)10-19-15/h2,4-6,8,10,25H,3,7,9,11-12H2,1H3/t17-/m1/s1. The molecule has 1 amide bonds. The first-order valence-corrected chi connectivity index (χ1v) is 8.09. The van der Waals surface area contributed by atoms with Gasteiger partial charge in [-0.1, -0.05) is 0 Å². The van der Waals surface area contributed by atoms with Crippen LogP contribution < -0.4 is 4.90 Å². The Kier molecular flexibility index (Phi) is 4.89. The topological polar surface area (TPSA) is 82.5 Å². The molecule has 7 nitrogen and oxygen atoms in total. The van der Waals surface area contributed by atoms with E-state index >= 15 is 0 Å². The van der Waals surface area contributed by atoms with Crippen molar-refractivity contribution in [2.45, 2.75) is 18.4 Å². The Labute approximate surface area is 145 Å². The molecule has 0 bridgehead atoms. The summed E-state index contributed by atoms with van der Waals surface area (Å²) < 4.78 is 13.0. The highest BCUT2D eigenvalue weighted by atomic mass is 19.1. The predicted molar refractivity (Wildman–Crippen MR) is 89.6 cm³/mol. The third-order valence-electron chi connectivity index (χ3n) is 4.26. The van der Waals surface area contributed by atoms with E-state index < -0.39 is 11.4 Å². The number of carbonyl (C=O) groups is 1. The highest BCUT2D eigenvalue weighted by molar-refractivity contribution is 5.91. The number of halogens is 1. The fourth-order valence-electron chi connectivity index (χ4n) is 3.12. The number of piperidine rings is 1. The Bertz CT molecular complexity index is 728. The quantitative estimate of drug-likeness (QED) is 0.894. The fraction of sp³-hybridized carbons (Fsp3) is 0.412. The Hall–Kier alpha value is -2.61. The average molecular weight is 345 g/mol. The summed E-state index contributed by atoms with van der Waals surface area (Å²) in [6.45, 7) is 1.21. The van der Waals surface area contributed by atoms with Crippen molar-refractivity contribution in [2.24, 2.45) is 0 Å². The van der Waals surface area contributed by atoms with Crippen LogP contribution in [-0.4, -0.2) is 63.4 Å². The number of pyridine rings is 1. The van der Waals surface area contributed by atoms with E-state index in [1.165, 1.54) is 17.2 Å². The SMILES string of the molecule is CN(C[C@]1(O)CCCN(c2ccc(F)cn2)C1)C(=O)c1cccnn1. The summed E-state index contributed by atoms with van der Waals surface area (Å²) in [4.78, 5) is 19.8. The van der Waals surface area contributed by atoms with Crippen molar-refractivity contribution in [1.82, 2.24) is 20.1 Å². The normalized spacial score (nSPS) is 20.4. The van der Waals surface area contributed by atoms with E-state index in [0.717, 1.165) is 19.2 Å². The van der Waals surface area contributed by atoms with Gasteiger partial charge in [0.25, 0.3) is 5.91 Å². The first kappa shape index (κ1) is 17.2. The minimum Gasteiger partial charge on any atom is -0.386 e. The zero-order chi connectivity index (χ0) is 17.9. The minimum atomic E-state index is -1.07. The van der Waals surface area contributed by atoms with Gasteiger partial charge in [0.2, 0.25) is 0 Å². The first-order chi connectivity index (χ1) is 12.0. The van der Waals surface area contributed by atoms with Gasteiger partial charge < -0.3 is 14.9 Å². The second-order valence-corrected chi connectivity index (χ2v) is 6.35. The average Bonchev–Trinajstić information content (AvgIpc) is 2.62. The number of aliphatic hydroxyl groups is 1. The van der Waals surface area contributed by atoms with Gasteiger partial charge in [0, 0.05) is 26.3 Å². The van der Waals surface area contributed by atoms with Crippen molar-refractivity contribution >= 4 is 11.7 Å². The van der Waals surface area contributed by atoms with Gasteiger partial charge in [-0.15, -0.1) is 5.10 Å². The van der Waals surface area contributed by atoms with Gasteiger partial charge in [-0.2, -0.15) is 5.10 Å². The molecule has 0 aliphatic carbocycles. The number of hydrogen-bond donors (Lipinski definition) is 1. The largest absolute Gasteiger partial charge is 0.386 e. The third-order valence-corrected chi connectivity index (χ3v) is 4.26. The number of β-amino-alcohol motifs (C(OH)–C–C–N with tert-alkyl or cyclic N) is 1. The van der Waals surface area contributed by atoms with E-state index in [4.69, 9.17) is 0 Å². The van der Waals surface area contributed by atoms with Crippen molar-refractivity contribution in [1.29, 1.82) is 0 Å². The van der Waals surface area contributed by atoms with Crippen LogP contribution in [0.4, 0.5) is 10.2 Å². The van der Waals surface area contributed by atoms with Crippen molar-refractivity contribution in [3.8, 4) is 0 Å².